The summed E-state index contributed by atoms with van der Waals surface area (Å²) in [5.41, 5.74) is 2.29. The average Bonchev–Trinajstić information content (AvgIpc) is 2.68. The van der Waals surface area contributed by atoms with E-state index < -0.39 is 0 Å². The van der Waals surface area contributed by atoms with Crippen molar-refractivity contribution in [3.8, 4) is 0 Å². The lowest BCUT2D eigenvalue weighted by atomic mass is 10.1. The van der Waals surface area contributed by atoms with Crippen LogP contribution in [0.4, 0.5) is 5.69 Å². The van der Waals surface area contributed by atoms with E-state index in [0.29, 0.717) is 17.8 Å². The van der Waals surface area contributed by atoms with Crippen molar-refractivity contribution in [1.82, 2.24) is 5.32 Å². The summed E-state index contributed by atoms with van der Waals surface area (Å²) in [6.45, 7) is 0.411. The monoisotopic (exact) mass is 364 g/mol. The molecule has 5 heteroatoms. The molecule has 0 saturated heterocycles. The summed E-state index contributed by atoms with van der Waals surface area (Å²) >= 11 is 6.14. The molecule has 0 saturated carbocycles. The van der Waals surface area contributed by atoms with Gasteiger partial charge in [-0.25, -0.2) is 0 Å². The maximum Gasteiger partial charge on any atom is 0.257 e. The topological polar surface area (TPSA) is 58.2 Å². The van der Waals surface area contributed by atoms with Crippen LogP contribution in [-0.4, -0.2) is 11.8 Å². The van der Waals surface area contributed by atoms with Crippen LogP contribution < -0.4 is 10.6 Å². The summed E-state index contributed by atoms with van der Waals surface area (Å²) in [7, 11) is 0. The fourth-order valence-electron chi connectivity index (χ4n) is 2.44. The lowest BCUT2D eigenvalue weighted by Crippen LogP contribution is -2.23. The molecule has 3 rings (SSSR count). The number of para-hydroxylation sites is 1. The Morgan fingerprint density at radius 3 is 2.15 bits per heavy atom. The Labute approximate surface area is 156 Å². The molecule has 0 aliphatic carbocycles. The standard InChI is InChI=1S/C21H17ClN2O2/c22-19-12-11-16(20(25)23-14-15-7-3-1-4-8-15)13-18(19)21(26)24-17-9-5-2-6-10-17/h1-13H,14H2,(H,23,25)(H,24,26). The van der Waals surface area contributed by atoms with E-state index in [-0.39, 0.29) is 22.4 Å². The van der Waals surface area contributed by atoms with Gasteiger partial charge in [0, 0.05) is 17.8 Å². The Morgan fingerprint density at radius 1 is 0.808 bits per heavy atom. The van der Waals surface area contributed by atoms with Gasteiger partial charge < -0.3 is 10.6 Å². The summed E-state index contributed by atoms with van der Waals surface area (Å²) < 4.78 is 0. The SMILES string of the molecule is O=C(NCc1ccccc1)c1ccc(Cl)c(C(=O)Nc2ccccc2)c1. The second kappa shape index (κ2) is 8.32. The molecule has 0 heterocycles. The summed E-state index contributed by atoms with van der Waals surface area (Å²) in [5.74, 6) is -0.627. The van der Waals surface area contributed by atoms with Gasteiger partial charge in [0.2, 0.25) is 0 Å². The third kappa shape index (κ3) is 4.49. The normalized spacial score (nSPS) is 10.2. The number of benzene rings is 3. The largest absolute Gasteiger partial charge is 0.348 e. The average molecular weight is 365 g/mol. The van der Waals surface area contributed by atoms with Gasteiger partial charge in [-0.05, 0) is 35.9 Å². The van der Waals surface area contributed by atoms with Crippen LogP contribution >= 0.6 is 11.6 Å². The Hall–Kier alpha value is -3.11. The maximum atomic E-state index is 12.5. The highest BCUT2D eigenvalue weighted by Gasteiger charge is 2.14. The van der Waals surface area contributed by atoms with Crippen molar-refractivity contribution in [3.63, 3.8) is 0 Å². The molecule has 0 bridgehead atoms. The highest BCUT2D eigenvalue weighted by atomic mass is 35.5. The summed E-state index contributed by atoms with van der Waals surface area (Å²) in [6, 6.07) is 23.3. The van der Waals surface area contributed by atoms with Crippen molar-refractivity contribution in [1.29, 1.82) is 0 Å². The molecule has 0 spiro atoms. The van der Waals surface area contributed by atoms with Gasteiger partial charge in [0.15, 0.2) is 0 Å². The summed E-state index contributed by atoms with van der Waals surface area (Å²) in [6.07, 6.45) is 0. The predicted octanol–water partition coefficient (Wildman–Crippen LogP) is 4.52. The number of halogens is 1. The van der Waals surface area contributed by atoms with Crippen LogP contribution in [0.5, 0.6) is 0 Å². The summed E-state index contributed by atoms with van der Waals surface area (Å²) in [5, 5.41) is 5.89. The lowest BCUT2D eigenvalue weighted by molar-refractivity contribution is 0.0951. The van der Waals surface area contributed by atoms with Gasteiger partial charge in [-0.3, -0.25) is 9.59 Å². The van der Waals surface area contributed by atoms with Crippen molar-refractivity contribution < 1.29 is 9.59 Å². The van der Waals surface area contributed by atoms with Crippen molar-refractivity contribution in [3.05, 3.63) is 101 Å². The second-order valence-corrected chi connectivity index (χ2v) is 6.09. The van der Waals surface area contributed by atoms with Crippen LogP contribution in [0.1, 0.15) is 26.3 Å². The minimum absolute atomic E-state index is 0.253. The highest BCUT2D eigenvalue weighted by molar-refractivity contribution is 6.34. The smallest absolute Gasteiger partial charge is 0.257 e. The number of rotatable bonds is 5. The van der Waals surface area contributed by atoms with Gasteiger partial charge in [0.1, 0.15) is 0 Å². The second-order valence-electron chi connectivity index (χ2n) is 5.68. The Balaban J connectivity index is 1.72. The van der Waals surface area contributed by atoms with E-state index in [4.69, 9.17) is 11.6 Å². The minimum Gasteiger partial charge on any atom is -0.348 e. The van der Waals surface area contributed by atoms with Crippen LogP contribution in [0.2, 0.25) is 5.02 Å². The fourth-order valence-corrected chi connectivity index (χ4v) is 2.64. The van der Waals surface area contributed by atoms with E-state index >= 15 is 0 Å². The third-order valence-electron chi connectivity index (χ3n) is 3.80. The number of nitrogens with one attached hydrogen (secondary N) is 2. The van der Waals surface area contributed by atoms with Crippen LogP contribution in [-0.2, 0) is 6.54 Å². The van der Waals surface area contributed by atoms with E-state index in [1.807, 2.05) is 48.5 Å². The number of amides is 2. The van der Waals surface area contributed by atoms with Gasteiger partial charge in [-0.15, -0.1) is 0 Å². The molecule has 0 unspecified atom stereocenters. The highest BCUT2D eigenvalue weighted by Crippen LogP contribution is 2.19. The van der Waals surface area contributed by atoms with Crippen LogP contribution in [0, 0.1) is 0 Å². The van der Waals surface area contributed by atoms with Crippen LogP contribution in [0.15, 0.2) is 78.9 Å². The zero-order valence-corrected chi connectivity index (χ0v) is 14.7. The van der Waals surface area contributed by atoms with Crippen LogP contribution in [0.25, 0.3) is 0 Å². The molecule has 0 radical (unpaired) electrons. The zero-order valence-electron chi connectivity index (χ0n) is 13.9. The lowest BCUT2D eigenvalue weighted by Gasteiger charge is -2.10. The fraction of sp³-hybridized carbons (Fsp3) is 0.0476. The molecule has 4 nitrogen and oxygen atoms in total. The third-order valence-corrected chi connectivity index (χ3v) is 4.13. The molecule has 3 aromatic rings. The van der Waals surface area contributed by atoms with Gasteiger partial charge in [-0.2, -0.15) is 0 Å². The van der Waals surface area contributed by atoms with Gasteiger partial charge in [0.25, 0.3) is 11.8 Å². The van der Waals surface area contributed by atoms with E-state index in [0.717, 1.165) is 5.56 Å². The van der Waals surface area contributed by atoms with Crippen LogP contribution in [0.3, 0.4) is 0 Å². The zero-order chi connectivity index (χ0) is 18.4. The van der Waals surface area contributed by atoms with Gasteiger partial charge in [-0.1, -0.05) is 60.1 Å². The molecule has 0 fully saturated rings. The number of carbonyl (C=O) groups is 2. The molecule has 130 valence electrons. The Bertz CT molecular complexity index is 912. The molecule has 26 heavy (non-hydrogen) atoms. The van der Waals surface area contributed by atoms with E-state index in [2.05, 4.69) is 10.6 Å². The molecule has 0 atom stereocenters. The molecule has 2 N–H and O–H groups in total. The molecule has 3 aromatic carbocycles. The first-order valence-electron chi connectivity index (χ1n) is 8.11. The van der Waals surface area contributed by atoms with Crippen molar-refractivity contribution in [2.75, 3.05) is 5.32 Å². The van der Waals surface area contributed by atoms with Crippen molar-refractivity contribution in [2.45, 2.75) is 6.54 Å². The molecule has 0 aliphatic heterocycles. The molecule has 0 aromatic heterocycles. The molecule has 2 amide bonds. The first-order chi connectivity index (χ1) is 12.6. The molecule has 0 aliphatic rings. The van der Waals surface area contributed by atoms with E-state index in [1.165, 1.54) is 6.07 Å². The predicted molar refractivity (Wildman–Crippen MR) is 103 cm³/mol. The number of hydrogen-bond acceptors (Lipinski definition) is 2. The van der Waals surface area contributed by atoms with Gasteiger partial charge in [0.05, 0.1) is 10.6 Å². The molecular weight excluding hydrogens is 348 g/mol. The Kier molecular flexibility index (Phi) is 5.66. The summed E-state index contributed by atoms with van der Waals surface area (Å²) in [4.78, 5) is 24.8. The first-order valence-corrected chi connectivity index (χ1v) is 8.49. The van der Waals surface area contributed by atoms with Crippen molar-refractivity contribution in [2.24, 2.45) is 0 Å². The Morgan fingerprint density at radius 2 is 1.46 bits per heavy atom. The maximum absolute atomic E-state index is 12.5. The number of hydrogen-bond donors (Lipinski definition) is 2. The van der Waals surface area contributed by atoms with Crippen molar-refractivity contribution >= 4 is 29.1 Å². The first kappa shape index (κ1) is 17.7. The minimum atomic E-state index is -0.362. The number of carbonyl (C=O) groups excluding carboxylic acids is 2. The van der Waals surface area contributed by atoms with E-state index in [1.54, 1.807) is 24.3 Å². The quantitative estimate of drug-likeness (QED) is 0.699. The van der Waals surface area contributed by atoms with Gasteiger partial charge >= 0.3 is 0 Å². The number of anilines is 1. The molecular formula is C21H17ClN2O2. The van der Waals surface area contributed by atoms with E-state index in [9.17, 15) is 9.59 Å².